The van der Waals surface area contributed by atoms with E-state index in [1.807, 2.05) is 31.3 Å². The Morgan fingerprint density at radius 1 is 1.46 bits per heavy atom. The van der Waals surface area contributed by atoms with Crippen LogP contribution in [0.4, 0.5) is 0 Å². The average Bonchev–Trinajstić information content (AvgIpc) is 2.58. The van der Waals surface area contributed by atoms with Crippen molar-refractivity contribution in [1.82, 2.24) is 15.2 Å². The summed E-state index contributed by atoms with van der Waals surface area (Å²) in [5.74, 6) is 0. The van der Waals surface area contributed by atoms with Crippen molar-refractivity contribution in [3.05, 3.63) is 39.6 Å². The Bertz CT molecular complexity index is 363. The first-order valence-corrected chi connectivity index (χ1v) is 4.94. The first kappa shape index (κ1) is 10.0. The quantitative estimate of drug-likeness (QED) is 0.681. The minimum absolute atomic E-state index is 0.780. The van der Waals surface area contributed by atoms with Crippen LogP contribution in [0, 0.1) is 11.6 Å². The van der Waals surface area contributed by atoms with Crippen LogP contribution >= 0.6 is 23.6 Å². The summed E-state index contributed by atoms with van der Waals surface area (Å²) in [6, 6.07) is 5.64. The van der Waals surface area contributed by atoms with Gasteiger partial charge in [0.1, 0.15) is 15.2 Å². The summed E-state index contributed by atoms with van der Waals surface area (Å²) in [5, 5.41) is 8.30. The third kappa shape index (κ3) is 4.49. The molecule has 0 aliphatic carbocycles. The summed E-state index contributed by atoms with van der Waals surface area (Å²) in [6.45, 7) is 1.93. The lowest BCUT2D eigenvalue weighted by atomic mass is 10.5. The molecule has 0 amide bonds. The summed E-state index contributed by atoms with van der Waals surface area (Å²) >= 11 is 6.31. The number of aromatic amines is 1. The largest absolute Gasteiger partial charge is 0.353 e. The van der Waals surface area contributed by atoms with Crippen LogP contribution in [-0.2, 0) is 0 Å². The van der Waals surface area contributed by atoms with Crippen molar-refractivity contribution in [2.24, 2.45) is 0 Å². The van der Waals surface area contributed by atoms with Gasteiger partial charge in [0.2, 0.25) is 0 Å². The minimum atomic E-state index is 0.780. The number of H-pyrrole nitrogens is 1. The average molecular weight is 211 g/mol. The normalized spacial score (nSPS) is 8.69. The summed E-state index contributed by atoms with van der Waals surface area (Å²) in [4.78, 5) is 2.85. The van der Waals surface area contributed by atoms with Gasteiger partial charge in [-0.3, -0.25) is 0 Å². The molecule has 0 saturated carbocycles. The zero-order chi connectivity index (χ0) is 9.52. The second-order valence-electron chi connectivity index (χ2n) is 2.18. The molecule has 0 fully saturated rings. The Morgan fingerprint density at radius 2 is 2.31 bits per heavy atom. The SMILES string of the molecule is Cc1nncs1.S=c1cccc[nH]1. The van der Waals surface area contributed by atoms with E-state index in [-0.39, 0.29) is 0 Å². The molecule has 2 aromatic rings. The lowest BCUT2D eigenvalue weighted by molar-refractivity contribution is 1.05. The smallest absolute Gasteiger partial charge is 0.114 e. The van der Waals surface area contributed by atoms with E-state index in [2.05, 4.69) is 15.2 Å². The number of nitrogens with one attached hydrogen (secondary N) is 1. The highest BCUT2D eigenvalue weighted by Gasteiger charge is 1.78. The van der Waals surface area contributed by atoms with Crippen LogP contribution in [0.25, 0.3) is 0 Å². The minimum Gasteiger partial charge on any atom is -0.353 e. The van der Waals surface area contributed by atoms with Gasteiger partial charge in [0, 0.05) is 6.20 Å². The number of hydrogen-bond donors (Lipinski definition) is 1. The summed E-state index contributed by atoms with van der Waals surface area (Å²) in [7, 11) is 0. The van der Waals surface area contributed by atoms with Gasteiger partial charge in [-0.05, 0) is 19.1 Å². The monoisotopic (exact) mass is 211 g/mol. The fourth-order valence-corrected chi connectivity index (χ4v) is 1.09. The molecule has 0 aliphatic heterocycles. The van der Waals surface area contributed by atoms with Crippen molar-refractivity contribution in [3.63, 3.8) is 0 Å². The predicted octanol–water partition coefficient (Wildman–Crippen LogP) is 2.59. The molecule has 2 rings (SSSR count). The van der Waals surface area contributed by atoms with Gasteiger partial charge in [0.05, 0.1) is 0 Å². The Labute approximate surface area is 85.5 Å². The fourth-order valence-electron chi connectivity index (χ4n) is 0.605. The molecule has 5 heteroatoms. The van der Waals surface area contributed by atoms with E-state index < -0.39 is 0 Å². The first-order chi connectivity index (χ1) is 6.29. The van der Waals surface area contributed by atoms with Crippen LogP contribution < -0.4 is 0 Å². The van der Waals surface area contributed by atoms with Crippen molar-refractivity contribution in [2.45, 2.75) is 6.92 Å². The van der Waals surface area contributed by atoms with Gasteiger partial charge >= 0.3 is 0 Å². The number of nitrogens with zero attached hydrogens (tertiary/aromatic N) is 2. The van der Waals surface area contributed by atoms with Crippen molar-refractivity contribution >= 4 is 23.6 Å². The number of pyridine rings is 1. The van der Waals surface area contributed by atoms with Gasteiger partial charge in [0.25, 0.3) is 0 Å². The highest BCUT2D eigenvalue weighted by Crippen LogP contribution is 1.94. The zero-order valence-corrected chi connectivity index (χ0v) is 8.73. The maximum Gasteiger partial charge on any atom is 0.114 e. The van der Waals surface area contributed by atoms with Crippen LogP contribution in [0.2, 0.25) is 0 Å². The third-order valence-electron chi connectivity index (χ3n) is 1.15. The molecule has 13 heavy (non-hydrogen) atoms. The molecule has 0 unspecified atom stereocenters. The molecule has 0 radical (unpaired) electrons. The third-order valence-corrected chi connectivity index (χ3v) is 2.03. The van der Waals surface area contributed by atoms with E-state index >= 15 is 0 Å². The second-order valence-corrected chi connectivity index (χ2v) is 3.66. The summed E-state index contributed by atoms with van der Waals surface area (Å²) < 4.78 is 0.780. The van der Waals surface area contributed by atoms with Gasteiger partial charge in [-0.25, -0.2) is 0 Å². The first-order valence-electron chi connectivity index (χ1n) is 3.65. The highest BCUT2D eigenvalue weighted by atomic mass is 32.1. The van der Waals surface area contributed by atoms with Crippen LogP contribution in [0.15, 0.2) is 29.9 Å². The molecule has 0 aliphatic rings. The van der Waals surface area contributed by atoms with Crippen LogP contribution in [0.1, 0.15) is 5.01 Å². The maximum absolute atomic E-state index is 4.76. The van der Waals surface area contributed by atoms with E-state index in [9.17, 15) is 0 Å². The topological polar surface area (TPSA) is 41.6 Å². The van der Waals surface area contributed by atoms with Crippen LogP contribution in [-0.4, -0.2) is 15.2 Å². The van der Waals surface area contributed by atoms with E-state index in [0.29, 0.717) is 0 Å². The molecule has 0 atom stereocenters. The molecule has 3 nitrogen and oxygen atoms in total. The van der Waals surface area contributed by atoms with Crippen LogP contribution in [0.3, 0.4) is 0 Å². The van der Waals surface area contributed by atoms with Crippen molar-refractivity contribution in [2.75, 3.05) is 0 Å². The Morgan fingerprint density at radius 3 is 2.54 bits per heavy atom. The Balaban J connectivity index is 0.000000132. The van der Waals surface area contributed by atoms with Gasteiger partial charge in [0.15, 0.2) is 0 Å². The summed E-state index contributed by atoms with van der Waals surface area (Å²) in [6.07, 6.45) is 1.81. The van der Waals surface area contributed by atoms with Crippen molar-refractivity contribution in [3.8, 4) is 0 Å². The second kappa shape index (κ2) is 5.55. The van der Waals surface area contributed by atoms with Crippen molar-refractivity contribution in [1.29, 1.82) is 0 Å². The molecular weight excluding hydrogens is 202 g/mol. The highest BCUT2D eigenvalue weighted by molar-refractivity contribution is 7.71. The molecule has 0 spiro atoms. The molecule has 0 aromatic carbocycles. The number of aromatic nitrogens is 3. The molecule has 68 valence electrons. The molecule has 2 heterocycles. The zero-order valence-electron chi connectivity index (χ0n) is 7.10. The van der Waals surface area contributed by atoms with E-state index in [0.717, 1.165) is 9.65 Å². The van der Waals surface area contributed by atoms with E-state index in [1.165, 1.54) is 0 Å². The number of aryl methyl sites for hydroxylation is 1. The van der Waals surface area contributed by atoms with E-state index in [4.69, 9.17) is 12.2 Å². The number of rotatable bonds is 0. The summed E-state index contributed by atoms with van der Waals surface area (Å²) in [5.41, 5.74) is 1.72. The van der Waals surface area contributed by atoms with Gasteiger partial charge in [-0.1, -0.05) is 18.3 Å². The van der Waals surface area contributed by atoms with Gasteiger partial charge in [-0.15, -0.1) is 21.5 Å². The van der Waals surface area contributed by atoms with E-state index in [1.54, 1.807) is 16.8 Å². The lowest BCUT2D eigenvalue weighted by Gasteiger charge is -1.76. The predicted molar refractivity (Wildman–Crippen MR) is 56.3 cm³/mol. The molecular formula is C8H9N3S2. The van der Waals surface area contributed by atoms with Gasteiger partial charge in [-0.2, -0.15) is 0 Å². The number of hydrogen-bond acceptors (Lipinski definition) is 4. The lowest BCUT2D eigenvalue weighted by Crippen LogP contribution is -1.64. The molecule has 0 saturated heterocycles. The Hall–Kier alpha value is -1.07. The fraction of sp³-hybridized carbons (Fsp3) is 0.125. The van der Waals surface area contributed by atoms with Gasteiger partial charge < -0.3 is 4.98 Å². The van der Waals surface area contributed by atoms with Crippen LogP contribution in [0.5, 0.6) is 0 Å². The standard InChI is InChI=1S/C5H5NS.C3H4N2S/c7-5-3-1-2-4-6-5;1-3-5-4-2-6-3/h1-4H,(H,6,7);2H,1H3. The Kier molecular flexibility index (Phi) is 4.28. The van der Waals surface area contributed by atoms with Crippen molar-refractivity contribution < 1.29 is 0 Å². The molecule has 1 N–H and O–H groups in total. The maximum atomic E-state index is 4.76. The molecule has 0 bridgehead atoms. The molecule has 2 aromatic heterocycles.